The number of carbonyl (C=O) groups excluding carboxylic acids is 1. The van der Waals surface area contributed by atoms with Crippen LogP contribution in [0.15, 0.2) is 36.4 Å². The number of nitrogens with one attached hydrogen (secondary N) is 1. The normalized spacial score (nSPS) is 11.2. The number of aryl methyl sites for hydroxylation is 1. The summed E-state index contributed by atoms with van der Waals surface area (Å²) in [7, 11) is -3.72. The van der Waals surface area contributed by atoms with E-state index in [1.54, 1.807) is 19.1 Å². The van der Waals surface area contributed by atoms with Crippen molar-refractivity contribution in [1.29, 1.82) is 0 Å². The van der Waals surface area contributed by atoms with E-state index in [1.165, 1.54) is 6.07 Å². The number of sulfonamides is 1. The van der Waals surface area contributed by atoms with E-state index in [4.69, 9.17) is 0 Å². The van der Waals surface area contributed by atoms with Crippen molar-refractivity contribution in [3.05, 3.63) is 59.2 Å². The number of benzene rings is 2. The van der Waals surface area contributed by atoms with Gasteiger partial charge in [0.1, 0.15) is 6.54 Å². The molecule has 8 heteroatoms. The SMILES string of the molecule is Cc1cccc(N(CC(=O)Nc2ccc(F)c(F)c2)S(C)(=O)=O)c1C. The Balaban J connectivity index is 2.27. The summed E-state index contributed by atoms with van der Waals surface area (Å²) < 4.78 is 51.4. The highest BCUT2D eigenvalue weighted by Gasteiger charge is 2.23. The van der Waals surface area contributed by atoms with E-state index in [0.717, 1.165) is 33.8 Å². The van der Waals surface area contributed by atoms with Crippen LogP contribution in [0.3, 0.4) is 0 Å². The van der Waals surface area contributed by atoms with Gasteiger partial charge >= 0.3 is 0 Å². The zero-order chi connectivity index (χ0) is 18.8. The van der Waals surface area contributed by atoms with Gasteiger partial charge in [0.15, 0.2) is 11.6 Å². The average Bonchev–Trinajstić information content (AvgIpc) is 2.51. The van der Waals surface area contributed by atoms with Gasteiger partial charge in [0.2, 0.25) is 15.9 Å². The summed E-state index contributed by atoms with van der Waals surface area (Å²) in [4.78, 5) is 12.2. The topological polar surface area (TPSA) is 66.5 Å². The van der Waals surface area contributed by atoms with E-state index in [9.17, 15) is 22.0 Å². The molecule has 0 saturated heterocycles. The fourth-order valence-corrected chi connectivity index (χ4v) is 3.20. The van der Waals surface area contributed by atoms with Gasteiger partial charge in [-0.2, -0.15) is 0 Å². The summed E-state index contributed by atoms with van der Waals surface area (Å²) in [6.45, 7) is 3.11. The molecule has 0 saturated carbocycles. The quantitative estimate of drug-likeness (QED) is 0.882. The molecule has 0 radical (unpaired) electrons. The third-order valence-electron chi connectivity index (χ3n) is 3.74. The largest absolute Gasteiger partial charge is 0.324 e. The Morgan fingerprint density at radius 3 is 2.40 bits per heavy atom. The summed E-state index contributed by atoms with van der Waals surface area (Å²) in [6.07, 6.45) is 1.000. The minimum absolute atomic E-state index is 0.0401. The lowest BCUT2D eigenvalue weighted by atomic mass is 10.1. The molecule has 0 spiro atoms. The lowest BCUT2D eigenvalue weighted by Gasteiger charge is -2.24. The third kappa shape index (κ3) is 4.54. The maximum Gasteiger partial charge on any atom is 0.245 e. The van der Waals surface area contributed by atoms with Crippen molar-refractivity contribution in [3.8, 4) is 0 Å². The molecule has 1 N–H and O–H groups in total. The van der Waals surface area contributed by atoms with Crippen molar-refractivity contribution < 1.29 is 22.0 Å². The van der Waals surface area contributed by atoms with Crippen LogP contribution in [0.2, 0.25) is 0 Å². The lowest BCUT2D eigenvalue weighted by molar-refractivity contribution is -0.114. The molecule has 25 heavy (non-hydrogen) atoms. The summed E-state index contributed by atoms with van der Waals surface area (Å²) >= 11 is 0. The molecule has 5 nitrogen and oxygen atoms in total. The highest BCUT2D eigenvalue weighted by molar-refractivity contribution is 7.92. The number of hydrogen-bond acceptors (Lipinski definition) is 3. The van der Waals surface area contributed by atoms with Crippen LogP contribution in [0, 0.1) is 25.5 Å². The minimum atomic E-state index is -3.72. The molecule has 2 rings (SSSR count). The summed E-state index contributed by atoms with van der Waals surface area (Å²) in [6, 6.07) is 8.04. The van der Waals surface area contributed by atoms with Crippen molar-refractivity contribution in [1.82, 2.24) is 0 Å². The summed E-state index contributed by atoms with van der Waals surface area (Å²) in [5.74, 6) is -2.81. The molecule has 0 aromatic heterocycles. The maximum absolute atomic E-state index is 13.2. The molecule has 0 heterocycles. The van der Waals surface area contributed by atoms with Crippen LogP contribution < -0.4 is 9.62 Å². The Bertz CT molecular complexity index is 914. The average molecular weight is 368 g/mol. The first-order valence-electron chi connectivity index (χ1n) is 7.38. The molecule has 0 fully saturated rings. The first-order valence-corrected chi connectivity index (χ1v) is 9.23. The molecule has 2 aromatic rings. The second-order valence-electron chi connectivity index (χ2n) is 5.67. The smallest absolute Gasteiger partial charge is 0.245 e. The van der Waals surface area contributed by atoms with Gasteiger partial charge in [-0.15, -0.1) is 0 Å². The van der Waals surface area contributed by atoms with Crippen LogP contribution in [0.4, 0.5) is 20.2 Å². The predicted octanol–water partition coefficient (Wildman–Crippen LogP) is 2.99. The zero-order valence-corrected chi connectivity index (χ0v) is 14.8. The van der Waals surface area contributed by atoms with Crippen LogP contribution in [-0.2, 0) is 14.8 Å². The number of halogens is 2. The second kappa shape index (κ2) is 7.18. The minimum Gasteiger partial charge on any atom is -0.324 e. The number of rotatable bonds is 5. The molecule has 0 aliphatic rings. The first kappa shape index (κ1) is 18.9. The van der Waals surface area contributed by atoms with Gasteiger partial charge in [-0.05, 0) is 43.2 Å². The monoisotopic (exact) mass is 368 g/mol. The van der Waals surface area contributed by atoms with E-state index >= 15 is 0 Å². The van der Waals surface area contributed by atoms with E-state index in [2.05, 4.69) is 5.32 Å². The fourth-order valence-electron chi connectivity index (χ4n) is 2.29. The number of amides is 1. The number of hydrogen-bond donors (Lipinski definition) is 1. The Hall–Kier alpha value is -2.48. The molecule has 0 atom stereocenters. The first-order chi connectivity index (χ1) is 11.6. The second-order valence-corrected chi connectivity index (χ2v) is 7.57. The molecule has 0 aliphatic heterocycles. The van der Waals surface area contributed by atoms with E-state index in [-0.39, 0.29) is 5.69 Å². The van der Waals surface area contributed by atoms with Crippen LogP contribution in [0.5, 0.6) is 0 Å². The lowest BCUT2D eigenvalue weighted by Crippen LogP contribution is -2.38. The molecule has 0 bridgehead atoms. The Labute approximate surface area is 145 Å². The number of anilines is 2. The van der Waals surface area contributed by atoms with Gasteiger partial charge in [-0.25, -0.2) is 17.2 Å². The van der Waals surface area contributed by atoms with Crippen molar-refractivity contribution in [2.45, 2.75) is 13.8 Å². The highest BCUT2D eigenvalue weighted by atomic mass is 32.2. The number of nitrogens with zero attached hydrogens (tertiary/aromatic N) is 1. The highest BCUT2D eigenvalue weighted by Crippen LogP contribution is 2.25. The molecule has 134 valence electrons. The molecular weight excluding hydrogens is 350 g/mol. The van der Waals surface area contributed by atoms with E-state index < -0.39 is 34.1 Å². The fraction of sp³-hybridized carbons (Fsp3) is 0.235. The molecule has 1 amide bonds. The van der Waals surface area contributed by atoms with Crippen LogP contribution in [-0.4, -0.2) is 27.1 Å². The van der Waals surface area contributed by atoms with Gasteiger partial charge in [0.05, 0.1) is 11.9 Å². The van der Waals surface area contributed by atoms with E-state index in [1.807, 2.05) is 13.0 Å². The van der Waals surface area contributed by atoms with Crippen molar-refractivity contribution in [2.24, 2.45) is 0 Å². The third-order valence-corrected chi connectivity index (χ3v) is 4.86. The standard InChI is InChI=1S/C17H18F2N2O3S/c1-11-5-4-6-16(12(11)2)21(25(3,23)24)10-17(22)20-13-7-8-14(18)15(19)9-13/h4-9H,10H2,1-3H3,(H,20,22). The van der Waals surface area contributed by atoms with E-state index in [0.29, 0.717) is 5.69 Å². The van der Waals surface area contributed by atoms with Gasteiger partial charge in [-0.1, -0.05) is 12.1 Å². The van der Waals surface area contributed by atoms with Crippen molar-refractivity contribution >= 4 is 27.3 Å². The molecular formula is C17H18F2N2O3S. The maximum atomic E-state index is 13.2. The molecule has 0 aliphatic carbocycles. The summed E-state index contributed by atoms with van der Waals surface area (Å²) in [5.41, 5.74) is 2.04. The molecule has 0 unspecified atom stereocenters. The predicted molar refractivity (Wildman–Crippen MR) is 93.1 cm³/mol. The summed E-state index contributed by atoms with van der Waals surface area (Å²) in [5, 5.41) is 2.36. The zero-order valence-electron chi connectivity index (χ0n) is 14.0. The van der Waals surface area contributed by atoms with Gasteiger partial charge in [0.25, 0.3) is 0 Å². The molecule has 2 aromatic carbocycles. The van der Waals surface area contributed by atoms with Gasteiger partial charge in [-0.3, -0.25) is 9.10 Å². The van der Waals surface area contributed by atoms with Crippen molar-refractivity contribution in [3.63, 3.8) is 0 Å². The Morgan fingerprint density at radius 2 is 1.80 bits per heavy atom. The van der Waals surface area contributed by atoms with Crippen LogP contribution in [0.1, 0.15) is 11.1 Å². The number of carbonyl (C=O) groups is 1. The Kier molecular flexibility index (Phi) is 5.42. The van der Waals surface area contributed by atoms with Crippen LogP contribution in [0.25, 0.3) is 0 Å². The Morgan fingerprint density at radius 1 is 1.12 bits per heavy atom. The van der Waals surface area contributed by atoms with Gasteiger partial charge in [0, 0.05) is 11.8 Å². The van der Waals surface area contributed by atoms with Crippen molar-refractivity contribution in [2.75, 3.05) is 22.4 Å². The van der Waals surface area contributed by atoms with Crippen LogP contribution >= 0.6 is 0 Å². The van der Waals surface area contributed by atoms with Gasteiger partial charge < -0.3 is 5.32 Å².